The third-order valence-corrected chi connectivity index (χ3v) is 7.74. The van der Waals surface area contributed by atoms with Gasteiger partial charge in [-0.2, -0.15) is 0 Å². The summed E-state index contributed by atoms with van der Waals surface area (Å²) in [4.78, 5) is 20.7. The van der Waals surface area contributed by atoms with Crippen molar-refractivity contribution in [1.82, 2.24) is 9.55 Å². The Labute approximate surface area is 163 Å². The molecule has 0 atom stereocenters. The molecule has 2 aliphatic rings. The number of hydrogen-bond donors (Lipinski definition) is 0. The number of nitrogens with zero attached hydrogens (tertiary/aromatic N) is 2. The first-order chi connectivity index (χ1) is 12.5. The predicted octanol–water partition coefficient (Wildman–Crippen LogP) is 5.32. The molecule has 1 aliphatic heterocycles. The lowest BCUT2D eigenvalue weighted by Crippen LogP contribution is -2.33. The molecule has 2 aromatic rings. The molecule has 4 rings (SSSR count). The van der Waals surface area contributed by atoms with Crippen LogP contribution >= 0.6 is 23.1 Å². The van der Waals surface area contributed by atoms with Crippen LogP contribution in [0.25, 0.3) is 10.2 Å². The van der Waals surface area contributed by atoms with E-state index in [0.29, 0.717) is 12.6 Å². The Balaban J connectivity index is 1.89. The number of aromatic nitrogens is 2. The number of thioether (sulfide) groups is 1. The van der Waals surface area contributed by atoms with E-state index in [2.05, 4.69) is 25.3 Å². The van der Waals surface area contributed by atoms with Gasteiger partial charge >= 0.3 is 0 Å². The zero-order chi connectivity index (χ0) is 18.3. The van der Waals surface area contributed by atoms with E-state index in [4.69, 9.17) is 9.72 Å². The summed E-state index contributed by atoms with van der Waals surface area (Å²) in [6, 6.07) is 0.316. The van der Waals surface area contributed by atoms with Crippen LogP contribution < -0.4 is 5.56 Å². The molecule has 0 aromatic carbocycles. The summed E-state index contributed by atoms with van der Waals surface area (Å²) in [7, 11) is 0. The van der Waals surface area contributed by atoms with Crippen molar-refractivity contribution in [3.8, 4) is 0 Å². The van der Waals surface area contributed by atoms with Crippen LogP contribution in [0.2, 0.25) is 0 Å². The number of rotatable bonds is 4. The van der Waals surface area contributed by atoms with E-state index >= 15 is 0 Å². The van der Waals surface area contributed by atoms with Crippen LogP contribution in [0.1, 0.15) is 75.8 Å². The average molecular weight is 393 g/mol. The molecular formula is C20H28N2O2S2. The van der Waals surface area contributed by atoms with Gasteiger partial charge in [-0.25, -0.2) is 4.98 Å². The Morgan fingerprint density at radius 3 is 2.81 bits per heavy atom. The molecule has 1 saturated carbocycles. The second-order valence-corrected chi connectivity index (χ2v) is 10.3. The van der Waals surface area contributed by atoms with Gasteiger partial charge in [-0.3, -0.25) is 9.36 Å². The Morgan fingerprint density at radius 1 is 1.31 bits per heavy atom. The Hall–Kier alpha value is -0.850. The molecule has 26 heavy (non-hydrogen) atoms. The maximum Gasteiger partial charge on any atom is 0.263 e. The lowest BCUT2D eigenvalue weighted by atomic mass is 9.93. The fraction of sp³-hybridized carbons (Fsp3) is 0.700. The summed E-state index contributed by atoms with van der Waals surface area (Å²) in [5, 5.41) is 1.79. The molecule has 0 spiro atoms. The number of thiophene rings is 1. The Morgan fingerprint density at radius 2 is 2.08 bits per heavy atom. The maximum absolute atomic E-state index is 13.6. The minimum absolute atomic E-state index is 0.190. The molecule has 0 amide bonds. The molecule has 2 aromatic heterocycles. The molecule has 6 heteroatoms. The Bertz CT molecular complexity index is 863. The second-order valence-electron chi connectivity index (χ2n) is 8.12. The molecule has 4 nitrogen and oxygen atoms in total. The van der Waals surface area contributed by atoms with Crippen molar-refractivity contribution in [1.29, 1.82) is 0 Å². The van der Waals surface area contributed by atoms with Crippen LogP contribution in [0.4, 0.5) is 0 Å². The van der Waals surface area contributed by atoms with Crippen LogP contribution in [0.5, 0.6) is 0 Å². The first kappa shape index (κ1) is 18.5. The van der Waals surface area contributed by atoms with Gasteiger partial charge in [0.15, 0.2) is 5.16 Å². The van der Waals surface area contributed by atoms with Gasteiger partial charge in [0.05, 0.1) is 17.6 Å². The smallest absolute Gasteiger partial charge is 0.263 e. The van der Waals surface area contributed by atoms with Crippen molar-refractivity contribution in [2.45, 2.75) is 89.1 Å². The molecule has 1 fully saturated rings. The molecule has 0 bridgehead atoms. The van der Waals surface area contributed by atoms with Crippen molar-refractivity contribution in [3.05, 3.63) is 20.8 Å². The molecule has 0 unspecified atom stereocenters. The number of fused-ring (bicyclic) bond motifs is 3. The molecule has 1 aliphatic carbocycles. The van der Waals surface area contributed by atoms with E-state index < -0.39 is 0 Å². The molecular weight excluding hydrogens is 364 g/mol. The van der Waals surface area contributed by atoms with Crippen molar-refractivity contribution < 1.29 is 4.74 Å². The van der Waals surface area contributed by atoms with E-state index in [1.807, 2.05) is 0 Å². The van der Waals surface area contributed by atoms with Gasteiger partial charge < -0.3 is 4.74 Å². The standard InChI is InChI=1S/C20H28N2O2S2/c1-4-10-25-19-21-17-16(14-11-20(2,3)24-12-15(14)26-17)18(23)22(19)13-8-6-5-7-9-13/h13H,4-12H2,1-3H3. The summed E-state index contributed by atoms with van der Waals surface area (Å²) >= 11 is 3.40. The third-order valence-electron chi connectivity index (χ3n) is 5.48. The van der Waals surface area contributed by atoms with Gasteiger partial charge in [-0.1, -0.05) is 37.9 Å². The maximum atomic E-state index is 13.6. The summed E-state index contributed by atoms with van der Waals surface area (Å²) in [5.74, 6) is 1.01. The number of ether oxygens (including phenoxy) is 1. The highest BCUT2D eigenvalue weighted by molar-refractivity contribution is 7.99. The van der Waals surface area contributed by atoms with E-state index in [9.17, 15) is 4.79 Å². The molecule has 0 radical (unpaired) electrons. The normalized spacial score (nSPS) is 20.4. The largest absolute Gasteiger partial charge is 0.370 e. The fourth-order valence-electron chi connectivity index (χ4n) is 4.14. The highest BCUT2D eigenvalue weighted by Crippen LogP contribution is 2.39. The van der Waals surface area contributed by atoms with Crippen LogP contribution in [0.15, 0.2) is 9.95 Å². The number of hydrogen-bond acceptors (Lipinski definition) is 5. The van der Waals surface area contributed by atoms with Crippen molar-refractivity contribution >= 4 is 33.3 Å². The minimum Gasteiger partial charge on any atom is -0.370 e. The summed E-state index contributed by atoms with van der Waals surface area (Å²) < 4.78 is 8.02. The summed E-state index contributed by atoms with van der Waals surface area (Å²) in [5.41, 5.74) is 1.17. The molecule has 3 heterocycles. The molecule has 142 valence electrons. The Kier molecular flexibility index (Phi) is 5.19. The van der Waals surface area contributed by atoms with Crippen LogP contribution in [-0.4, -0.2) is 20.9 Å². The third kappa shape index (κ3) is 3.36. The first-order valence-electron chi connectivity index (χ1n) is 9.83. The van der Waals surface area contributed by atoms with E-state index in [-0.39, 0.29) is 11.2 Å². The van der Waals surface area contributed by atoms with Gasteiger partial charge in [0, 0.05) is 23.1 Å². The summed E-state index contributed by atoms with van der Waals surface area (Å²) in [6.45, 7) is 7.00. The minimum atomic E-state index is -0.210. The van der Waals surface area contributed by atoms with Gasteiger partial charge in [0.2, 0.25) is 0 Å². The lowest BCUT2D eigenvalue weighted by Gasteiger charge is -2.30. The first-order valence-corrected chi connectivity index (χ1v) is 11.6. The average Bonchev–Trinajstić information content (AvgIpc) is 2.97. The van der Waals surface area contributed by atoms with Gasteiger partial charge in [-0.05, 0) is 38.7 Å². The lowest BCUT2D eigenvalue weighted by molar-refractivity contribution is -0.0379. The van der Waals surface area contributed by atoms with Crippen LogP contribution in [0.3, 0.4) is 0 Å². The predicted molar refractivity (Wildman–Crippen MR) is 110 cm³/mol. The van der Waals surface area contributed by atoms with Crippen molar-refractivity contribution in [2.24, 2.45) is 0 Å². The zero-order valence-corrected chi connectivity index (χ0v) is 17.6. The highest BCUT2D eigenvalue weighted by atomic mass is 32.2. The van der Waals surface area contributed by atoms with E-state index in [1.165, 1.54) is 29.7 Å². The van der Waals surface area contributed by atoms with Gasteiger partial charge in [0.1, 0.15) is 4.83 Å². The van der Waals surface area contributed by atoms with Crippen LogP contribution in [0, 0.1) is 0 Å². The van der Waals surface area contributed by atoms with Crippen LogP contribution in [-0.2, 0) is 17.8 Å². The van der Waals surface area contributed by atoms with Crippen molar-refractivity contribution in [3.63, 3.8) is 0 Å². The zero-order valence-electron chi connectivity index (χ0n) is 16.0. The second kappa shape index (κ2) is 7.28. The van der Waals surface area contributed by atoms with E-state index in [0.717, 1.165) is 46.8 Å². The fourth-order valence-corrected chi connectivity index (χ4v) is 6.21. The molecule has 0 saturated heterocycles. The van der Waals surface area contributed by atoms with E-state index in [1.54, 1.807) is 23.1 Å². The summed E-state index contributed by atoms with van der Waals surface area (Å²) in [6.07, 6.45) is 7.82. The monoisotopic (exact) mass is 392 g/mol. The van der Waals surface area contributed by atoms with Gasteiger partial charge in [-0.15, -0.1) is 11.3 Å². The molecule has 0 N–H and O–H groups in total. The quantitative estimate of drug-likeness (QED) is 0.522. The SMILES string of the molecule is CCCSc1nc2sc3c(c2c(=O)n1C1CCCCC1)CC(C)(C)OC3. The van der Waals surface area contributed by atoms with Gasteiger partial charge in [0.25, 0.3) is 5.56 Å². The topological polar surface area (TPSA) is 44.1 Å². The van der Waals surface area contributed by atoms with Crippen molar-refractivity contribution in [2.75, 3.05) is 5.75 Å². The highest BCUT2D eigenvalue weighted by Gasteiger charge is 2.32.